The molecule has 8 rings (SSSR count). The molecule has 66 heavy (non-hydrogen) atoms. The van der Waals surface area contributed by atoms with Gasteiger partial charge in [-0.3, -0.25) is 19.8 Å². The lowest BCUT2D eigenvalue weighted by Crippen LogP contribution is -2.71. The van der Waals surface area contributed by atoms with E-state index in [9.17, 15) is 24.0 Å². The highest BCUT2D eigenvalue weighted by Crippen LogP contribution is 2.43. The van der Waals surface area contributed by atoms with Crippen LogP contribution in [0.25, 0.3) is 0 Å². The van der Waals surface area contributed by atoms with Crippen LogP contribution < -0.4 is 10.6 Å². The first kappa shape index (κ1) is 45.2. The molecule has 2 aliphatic rings. The highest BCUT2D eigenvalue weighted by atomic mass is 32.2. The molecular weight excluding hydrogens is 875 g/mol. The van der Waals surface area contributed by atoms with Gasteiger partial charge in [0, 0.05) is 34.2 Å². The van der Waals surface area contributed by atoms with Crippen molar-refractivity contribution >= 4 is 64.1 Å². The van der Waals surface area contributed by atoms with E-state index in [1.54, 1.807) is 20.8 Å². The molecule has 5 aromatic carbocycles. The molecule has 0 saturated carbocycles. The van der Waals surface area contributed by atoms with Gasteiger partial charge in [-0.05, 0) is 37.5 Å². The maximum atomic E-state index is 14.8. The first-order valence-corrected chi connectivity index (χ1v) is 23.0. The molecule has 3 heterocycles. The Morgan fingerprint density at radius 2 is 1.32 bits per heavy atom. The number of benzene rings is 5. The molecule has 1 fully saturated rings. The quantitative estimate of drug-likeness (QED) is 0.0254. The van der Waals surface area contributed by atoms with Gasteiger partial charge in [0.25, 0.3) is 11.8 Å². The molecule has 0 unspecified atom stereocenters. The minimum atomic E-state index is -1.39. The number of aldehydes is 1. The zero-order valence-electron chi connectivity index (χ0n) is 36.2. The fourth-order valence-electron chi connectivity index (χ4n) is 7.71. The van der Waals surface area contributed by atoms with Crippen LogP contribution in [-0.2, 0) is 39.1 Å². The van der Waals surface area contributed by atoms with Crippen molar-refractivity contribution in [2.24, 2.45) is 5.16 Å². The molecule has 0 bridgehead atoms. The molecule has 2 aliphatic heterocycles. The molecule has 0 aliphatic carbocycles. The Bertz CT molecular complexity index is 2630. The first-order valence-electron chi connectivity index (χ1n) is 21.1. The number of thioether (sulfide) groups is 1. The number of esters is 1. The summed E-state index contributed by atoms with van der Waals surface area (Å²) in [5, 5.41) is 11.0. The van der Waals surface area contributed by atoms with Crippen molar-refractivity contribution in [3.05, 3.63) is 202 Å². The number of β-lactam (4-membered cyclic amide) rings is 1. The summed E-state index contributed by atoms with van der Waals surface area (Å²) >= 11 is 2.33. The zero-order valence-corrected chi connectivity index (χ0v) is 37.8. The van der Waals surface area contributed by atoms with E-state index >= 15 is 0 Å². The molecule has 1 saturated heterocycles. The van der Waals surface area contributed by atoms with Crippen LogP contribution >= 0.6 is 23.1 Å². The number of ether oxygens (including phenoxy) is 2. The second kappa shape index (κ2) is 19.8. The number of carbonyl (C=O) groups is 5. The number of rotatable bonds is 15. The minimum absolute atomic E-state index is 0.0360. The fraction of sp³-hybridized carbons (Fsp3) is 0.196. The Balaban J connectivity index is 1.13. The van der Waals surface area contributed by atoms with Gasteiger partial charge in [-0.25, -0.2) is 14.6 Å². The Morgan fingerprint density at radius 3 is 1.82 bits per heavy atom. The van der Waals surface area contributed by atoms with E-state index in [4.69, 9.17) is 14.3 Å². The summed E-state index contributed by atoms with van der Waals surface area (Å²) in [4.78, 5) is 80.6. The van der Waals surface area contributed by atoms with Gasteiger partial charge in [0.15, 0.2) is 16.9 Å². The largest absolute Gasteiger partial charge is 0.448 e. The fourth-order valence-corrected chi connectivity index (χ4v) is 9.75. The van der Waals surface area contributed by atoms with Gasteiger partial charge in [-0.15, -0.1) is 23.1 Å². The number of aromatic nitrogens is 1. The van der Waals surface area contributed by atoms with Gasteiger partial charge >= 0.3 is 12.1 Å². The van der Waals surface area contributed by atoms with Gasteiger partial charge in [-0.1, -0.05) is 157 Å². The van der Waals surface area contributed by atoms with Crippen molar-refractivity contribution in [3.8, 4) is 0 Å². The minimum Gasteiger partial charge on any atom is -0.448 e. The summed E-state index contributed by atoms with van der Waals surface area (Å²) in [5.41, 5.74) is 1.51. The number of nitrogens with one attached hydrogen (secondary N) is 2. The average Bonchev–Trinajstić information content (AvgIpc) is 3.79. The van der Waals surface area contributed by atoms with Crippen LogP contribution in [0.15, 0.2) is 173 Å². The number of anilines is 1. The number of oxime groups is 1. The van der Waals surface area contributed by atoms with E-state index in [1.807, 2.05) is 152 Å². The standard InChI is InChI=1S/C51H45N5O8S2/c1-50(2,3)63-49(61)54-48-52-39(32-66-48)40(55-64-51(36-23-13-6-14-24-36,37-25-15-7-16-26-37)38-27-17-8-18-28-38)44(58)53-41-45(59)56-42(35(29-30-57)31-65-46(41)56)47(60)62-43(33-19-9-4-10-20-33)34-21-11-5-12-22-34/h4-28,30,32,41,43,46H,29,31H2,1-3H3,(H,53,58)(H,52,54,61)/b55-40-/t41-,46-/m1/s1. The second-order valence-corrected chi connectivity index (χ2v) is 18.2. The van der Waals surface area contributed by atoms with E-state index < -0.39 is 52.6 Å². The molecule has 334 valence electrons. The predicted molar refractivity (Wildman–Crippen MR) is 252 cm³/mol. The third kappa shape index (κ3) is 9.67. The summed E-state index contributed by atoms with van der Waals surface area (Å²) in [6.07, 6.45) is -0.979. The van der Waals surface area contributed by atoms with Crippen molar-refractivity contribution in [1.29, 1.82) is 0 Å². The van der Waals surface area contributed by atoms with Crippen LogP contribution in [0.2, 0.25) is 0 Å². The monoisotopic (exact) mass is 919 g/mol. The van der Waals surface area contributed by atoms with E-state index in [1.165, 1.54) is 22.0 Å². The highest BCUT2D eigenvalue weighted by Gasteiger charge is 2.55. The summed E-state index contributed by atoms with van der Waals surface area (Å²) in [6, 6.07) is 45.7. The Morgan fingerprint density at radius 1 is 0.803 bits per heavy atom. The first-order chi connectivity index (χ1) is 32.0. The number of amides is 3. The summed E-state index contributed by atoms with van der Waals surface area (Å²) < 4.78 is 11.6. The summed E-state index contributed by atoms with van der Waals surface area (Å²) in [7, 11) is 0. The Labute approximate surface area is 389 Å². The molecule has 6 aromatic rings. The second-order valence-electron chi connectivity index (χ2n) is 16.3. The van der Waals surface area contributed by atoms with Crippen LogP contribution in [0.3, 0.4) is 0 Å². The van der Waals surface area contributed by atoms with E-state index in [2.05, 4.69) is 20.8 Å². The lowest BCUT2D eigenvalue weighted by Gasteiger charge is -2.49. The third-order valence-electron chi connectivity index (χ3n) is 10.7. The molecule has 1 aromatic heterocycles. The van der Waals surface area contributed by atoms with Crippen molar-refractivity contribution in [2.75, 3.05) is 11.1 Å². The van der Waals surface area contributed by atoms with Gasteiger partial charge in [-0.2, -0.15) is 0 Å². The van der Waals surface area contributed by atoms with Crippen LogP contribution in [0, 0.1) is 0 Å². The van der Waals surface area contributed by atoms with Gasteiger partial charge < -0.3 is 24.4 Å². The van der Waals surface area contributed by atoms with Crippen molar-refractivity contribution in [2.45, 2.75) is 55.9 Å². The molecule has 2 N–H and O–H groups in total. The molecule has 3 amide bonds. The lowest BCUT2D eigenvalue weighted by atomic mass is 9.80. The molecule has 0 radical (unpaired) electrons. The average molecular weight is 920 g/mol. The van der Waals surface area contributed by atoms with E-state index in [0.29, 0.717) is 39.7 Å². The Kier molecular flexibility index (Phi) is 13.6. The molecular formula is C51H45N5O8S2. The Hall–Kier alpha value is -7.36. The lowest BCUT2D eigenvalue weighted by molar-refractivity contribution is -0.154. The number of fused-ring (bicyclic) bond motifs is 1. The van der Waals surface area contributed by atoms with Crippen molar-refractivity contribution in [3.63, 3.8) is 0 Å². The van der Waals surface area contributed by atoms with Crippen molar-refractivity contribution < 1.29 is 38.3 Å². The van der Waals surface area contributed by atoms with Gasteiger partial charge in [0.1, 0.15) is 34.7 Å². The van der Waals surface area contributed by atoms with Crippen LogP contribution in [0.5, 0.6) is 0 Å². The van der Waals surface area contributed by atoms with Crippen LogP contribution in [0.1, 0.15) is 66.8 Å². The van der Waals surface area contributed by atoms with Crippen LogP contribution in [0.4, 0.5) is 9.93 Å². The topological polar surface area (TPSA) is 166 Å². The number of hydrogen-bond acceptors (Lipinski definition) is 12. The number of nitrogens with zero attached hydrogens (tertiary/aromatic N) is 3. The SMILES string of the molecule is CC(C)(C)OC(=O)Nc1nc(/C(=N/OC(c2ccccc2)(c2ccccc2)c2ccccc2)C(=O)N[C@@H]2C(=O)N3C(C(=O)OC(c4ccccc4)c4ccccc4)=C(CC=O)CS[C@H]23)cs1. The normalized spacial score (nSPS) is 16.2. The van der Waals surface area contributed by atoms with Crippen LogP contribution in [-0.4, -0.2) is 68.5 Å². The number of thiazole rings is 1. The highest BCUT2D eigenvalue weighted by molar-refractivity contribution is 8.00. The van der Waals surface area contributed by atoms with Gasteiger partial charge in [0.05, 0.1) is 0 Å². The number of hydrogen-bond donors (Lipinski definition) is 2. The zero-order chi connectivity index (χ0) is 46.3. The summed E-state index contributed by atoms with van der Waals surface area (Å²) in [5.74, 6) is -1.97. The summed E-state index contributed by atoms with van der Waals surface area (Å²) in [6.45, 7) is 5.19. The molecule has 15 heteroatoms. The van der Waals surface area contributed by atoms with E-state index in [0.717, 1.165) is 11.3 Å². The molecule has 0 spiro atoms. The van der Waals surface area contributed by atoms with Crippen molar-refractivity contribution in [1.82, 2.24) is 15.2 Å². The smallest absolute Gasteiger partial charge is 0.413 e. The maximum absolute atomic E-state index is 14.8. The predicted octanol–water partition coefficient (Wildman–Crippen LogP) is 8.78. The number of carbonyl (C=O) groups excluding carboxylic acids is 5. The van der Waals surface area contributed by atoms with E-state index in [-0.39, 0.29) is 34.4 Å². The third-order valence-corrected chi connectivity index (χ3v) is 12.8. The van der Waals surface area contributed by atoms with Gasteiger partial charge in [0.2, 0.25) is 5.60 Å². The maximum Gasteiger partial charge on any atom is 0.413 e. The molecule has 2 atom stereocenters. The molecule has 13 nitrogen and oxygen atoms in total.